The first-order valence-electron chi connectivity index (χ1n) is 8.79. The molecule has 134 valence electrons. The van der Waals surface area contributed by atoms with Gasteiger partial charge in [-0.1, -0.05) is 0 Å². The van der Waals surface area contributed by atoms with E-state index in [9.17, 15) is 4.79 Å². The Morgan fingerprint density at radius 1 is 1.15 bits per heavy atom. The molecular weight excluding hydrogens is 328 g/mol. The molecule has 1 aliphatic rings. The number of benzene rings is 1. The molecule has 0 spiro atoms. The number of fused-ring (bicyclic) bond motifs is 1. The summed E-state index contributed by atoms with van der Waals surface area (Å²) < 4.78 is 6.07. The predicted octanol–water partition coefficient (Wildman–Crippen LogP) is 3.31. The van der Waals surface area contributed by atoms with Gasteiger partial charge >= 0.3 is 0 Å². The highest BCUT2D eigenvalue weighted by Crippen LogP contribution is 2.31. The molecule has 6 nitrogen and oxygen atoms in total. The molecule has 26 heavy (non-hydrogen) atoms. The van der Waals surface area contributed by atoms with Crippen molar-refractivity contribution in [2.75, 3.05) is 38.1 Å². The molecule has 0 radical (unpaired) electrons. The van der Waals surface area contributed by atoms with E-state index in [2.05, 4.69) is 26.8 Å². The summed E-state index contributed by atoms with van der Waals surface area (Å²) in [6.07, 6.45) is 3.52. The number of aromatic amines is 1. The fourth-order valence-corrected chi connectivity index (χ4v) is 3.25. The average molecular weight is 350 g/mol. The van der Waals surface area contributed by atoms with Crippen LogP contribution in [0.3, 0.4) is 0 Å². The van der Waals surface area contributed by atoms with Crippen LogP contribution in [0.25, 0.3) is 11.0 Å². The molecule has 3 aromatic rings. The van der Waals surface area contributed by atoms with Gasteiger partial charge in [0, 0.05) is 49.5 Å². The van der Waals surface area contributed by atoms with E-state index in [1.807, 2.05) is 36.5 Å². The molecule has 3 heterocycles. The van der Waals surface area contributed by atoms with E-state index in [0.717, 1.165) is 42.9 Å². The minimum absolute atomic E-state index is 0.0133. The monoisotopic (exact) mass is 350 g/mol. The van der Waals surface area contributed by atoms with Gasteiger partial charge in [-0.15, -0.1) is 0 Å². The van der Waals surface area contributed by atoms with E-state index < -0.39 is 0 Å². The third-order valence-corrected chi connectivity index (χ3v) is 4.82. The lowest BCUT2D eigenvalue weighted by Crippen LogP contribution is -2.44. The number of carbonyl (C=O) groups excluding carboxylic acids is 1. The molecule has 0 atom stereocenters. The van der Waals surface area contributed by atoms with E-state index in [1.165, 1.54) is 0 Å². The molecule has 0 saturated carbocycles. The molecule has 1 N–H and O–H groups in total. The average Bonchev–Trinajstić information content (AvgIpc) is 3.10. The van der Waals surface area contributed by atoms with Crippen molar-refractivity contribution in [2.45, 2.75) is 6.92 Å². The molecule has 4 rings (SSSR count). The fourth-order valence-electron chi connectivity index (χ4n) is 3.25. The van der Waals surface area contributed by atoms with Crippen molar-refractivity contribution in [3.63, 3.8) is 0 Å². The Hall–Kier alpha value is -2.86. The van der Waals surface area contributed by atoms with E-state index in [-0.39, 0.29) is 5.78 Å². The summed E-state index contributed by atoms with van der Waals surface area (Å²) in [6.45, 7) is 5.54. The minimum atomic E-state index is -0.0133. The van der Waals surface area contributed by atoms with Crippen LogP contribution in [0.1, 0.15) is 17.3 Å². The van der Waals surface area contributed by atoms with E-state index in [4.69, 9.17) is 4.74 Å². The number of hydrogen-bond acceptors (Lipinski definition) is 5. The van der Waals surface area contributed by atoms with Crippen molar-refractivity contribution in [3.8, 4) is 11.5 Å². The van der Waals surface area contributed by atoms with Crippen LogP contribution in [0.15, 0.2) is 42.7 Å². The molecule has 0 aliphatic carbocycles. The lowest BCUT2D eigenvalue weighted by atomic mass is 10.1. The number of hydrogen-bond donors (Lipinski definition) is 1. The van der Waals surface area contributed by atoms with Crippen molar-refractivity contribution >= 4 is 22.5 Å². The molecular formula is C20H22N4O2. The van der Waals surface area contributed by atoms with Crippen LogP contribution in [-0.2, 0) is 0 Å². The molecule has 2 aromatic heterocycles. The van der Waals surface area contributed by atoms with Crippen LogP contribution in [0.4, 0.5) is 5.69 Å². The maximum absolute atomic E-state index is 12.0. The lowest BCUT2D eigenvalue weighted by molar-refractivity contribution is 0.101. The predicted molar refractivity (Wildman–Crippen MR) is 102 cm³/mol. The molecule has 6 heteroatoms. The van der Waals surface area contributed by atoms with Gasteiger partial charge in [-0.05, 0) is 38.2 Å². The summed E-state index contributed by atoms with van der Waals surface area (Å²) >= 11 is 0. The number of aromatic nitrogens is 2. The smallest absolute Gasteiger partial charge is 0.163 e. The van der Waals surface area contributed by atoms with Crippen molar-refractivity contribution in [3.05, 3.63) is 48.3 Å². The summed E-state index contributed by atoms with van der Waals surface area (Å²) in [5.41, 5.74) is 2.47. The first-order valence-corrected chi connectivity index (χ1v) is 8.79. The van der Waals surface area contributed by atoms with Gasteiger partial charge in [0.2, 0.25) is 0 Å². The van der Waals surface area contributed by atoms with Crippen molar-refractivity contribution in [1.29, 1.82) is 0 Å². The largest absolute Gasteiger partial charge is 0.455 e. The van der Waals surface area contributed by atoms with Crippen LogP contribution in [-0.4, -0.2) is 53.9 Å². The second-order valence-corrected chi connectivity index (χ2v) is 6.72. The topological polar surface area (TPSA) is 61.5 Å². The Morgan fingerprint density at radius 2 is 1.96 bits per heavy atom. The van der Waals surface area contributed by atoms with Crippen LogP contribution in [0.5, 0.6) is 11.5 Å². The van der Waals surface area contributed by atoms with Crippen molar-refractivity contribution in [1.82, 2.24) is 14.9 Å². The van der Waals surface area contributed by atoms with Gasteiger partial charge < -0.3 is 19.5 Å². The lowest BCUT2D eigenvalue weighted by Gasteiger charge is -2.34. The number of nitrogens with zero attached hydrogens (tertiary/aromatic N) is 3. The highest BCUT2D eigenvalue weighted by Gasteiger charge is 2.17. The quantitative estimate of drug-likeness (QED) is 0.732. The number of piperazine rings is 1. The summed E-state index contributed by atoms with van der Waals surface area (Å²) in [4.78, 5) is 24.1. The second-order valence-electron chi connectivity index (χ2n) is 6.72. The zero-order valence-corrected chi connectivity index (χ0v) is 15.0. The van der Waals surface area contributed by atoms with E-state index in [1.54, 1.807) is 13.1 Å². The van der Waals surface area contributed by atoms with Crippen molar-refractivity contribution in [2.24, 2.45) is 0 Å². The molecule has 1 fully saturated rings. The second kappa shape index (κ2) is 6.80. The zero-order valence-electron chi connectivity index (χ0n) is 15.0. The SMILES string of the molecule is CC(=O)c1ccc(N2CCN(C)CC2)cc1Oc1cnc2[nH]ccc2c1. The highest BCUT2D eigenvalue weighted by atomic mass is 16.5. The fraction of sp³-hybridized carbons (Fsp3) is 0.300. The minimum Gasteiger partial charge on any atom is -0.455 e. The highest BCUT2D eigenvalue weighted by molar-refractivity contribution is 5.97. The van der Waals surface area contributed by atoms with Gasteiger partial charge in [0.05, 0.1) is 11.8 Å². The first-order chi connectivity index (χ1) is 12.6. The first kappa shape index (κ1) is 16.6. The maximum atomic E-state index is 12.0. The maximum Gasteiger partial charge on any atom is 0.163 e. The van der Waals surface area contributed by atoms with Gasteiger partial charge in [-0.3, -0.25) is 4.79 Å². The Bertz CT molecular complexity index is 942. The standard InChI is InChI=1S/C20H22N4O2/c1-14(25)18-4-3-16(24-9-7-23(2)8-10-24)12-19(18)26-17-11-15-5-6-21-20(15)22-13-17/h3-6,11-13H,7-10H2,1-2H3,(H,21,22). The van der Waals surface area contributed by atoms with Gasteiger partial charge in [0.15, 0.2) is 5.78 Å². The summed E-state index contributed by atoms with van der Waals surface area (Å²) in [5, 5.41) is 0.974. The number of H-pyrrole nitrogens is 1. The molecule has 0 bridgehead atoms. The van der Waals surface area contributed by atoms with Gasteiger partial charge in [0.1, 0.15) is 17.1 Å². The number of anilines is 1. The number of nitrogens with one attached hydrogen (secondary N) is 1. The third kappa shape index (κ3) is 3.28. The Labute approximate surface area is 152 Å². The van der Waals surface area contributed by atoms with Gasteiger partial charge in [-0.2, -0.15) is 0 Å². The molecule has 0 unspecified atom stereocenters. The summed E-state index contributed by atoms with van der Waals surface area (Å²) in [5.74, 6) is 1.18. The van der Waals surface area contributed by atoms with Crippen LogP contribution >= 0.6 is 0 Å². The normalized spacial score (nSPS) is 15.4. The zero-order chi connectivity index (χ0) is 18.1. The molecule has 1 saturated heterocycles. The number of ether oxygens (including phenoxy) is 1. The van der Waals surface area contributed by atoms with Crippen molar-refractivity contribution < 1.29 is 9.53 Å². The van der Waals surface area contributed by atoms with Crippen LogP contribution in [0, 0.1) is 0 Å². The third-order valence-electron chi connectivity index (χ3n) is 4.82. The van der Waals surface area contributed by atoms with E-state index in [0.29, 0.717) is 17.1 Å². The number of carbonyl (C=O) groups is 1. The Morgan fingerprint density at radius 3 is 2.73 bits per heavy atom. The summed E-state index contributed by atoms with van der Waals surface area (Å²) in [6, 6.07) is 9.69. The molecule has 1 aromatic carbocycles. The number of rotatable bonds is 4. The van der Waals surface area contributed by atoms with Crippen LogP contribution in [0.2, 0.25) is 0 Å². The number of ketones is 1. The number of pyridine rings is 1. The summed E-state index contributed by atoms with van der Waals surface area (Å²) in [7, 11) is 2.13. The van der Waals surface area contributed by atoms with Gasteiger partial charge in [-0.25, -0.2) is 4.98 Å². The molecule has 1 aliphatic heterocycles. The Kier molecular flexibility index (Phi) is 4.34. The number of Topliss-reactive ketones (excluding diaryl/α,β-unsaturated/α-hetero) is 1. The van der Waals surface area contributed by atoms with E-state index >= 15 is 0 Å². The van der Waals surface area contributed by atoms with Gasteiger partial charge in [0.25, 0.3) is 0 Å². The number of likely N-dealkylation sites (N-methyl/N-ethyl adjacent to an activating group) is 1. The Balaban J connectivity index is 1.65. The molecule has 0 amide bonds. The van der Waals surface area contributed by atoms with Crippen LogP contribution < -0.4 is 9.64 Å².